The standard InChI is InChI=1S/C13H17N3S/c1-2-6-13(7-4-9-15-13)12-16-10-5-3-8-14-11(10)17-12/h3,5,8,15H,2,4,6-7,9H2,1H3. The third-order valence-corrected chi connectivity index (χ3v) is 4.68. The van der Waals surface area contributed by atoms with Gasteiger partial charge in [0.2, 0.25) is 0 Å². The number of thiazole rings is 1. The van der Waals surface area contributed by atoms with Crippen LogP contribution in [-0.2, 0) is 5.54 Å². The predicted molar refractivity (Wildman–Crippen MR) is 71.2 cm³/mol. The molecule has 1 unspecified atom stereocenters. The van der Waals surface area contributed by atoms with Crippen molar-refractivity contribution < 1.29 is 0 Å². The van der Waals surface area contributed by atoms with Gasteiger partial charge in [0, 0.05) is 6.20 Å². The highest BCUT2D eigenvalue weighted by atomic mass is 32.1. The zero-order chi connectivity index (χ0) is 11.7. The van der Waals surface area contributed by atoms with E-state index >= 15 is 0 Å². The Labute approximate surface area is 105 Å². The van der Waals surface area contributed by atoms with Crippen LogP contribution in [0.3, 0.4) is 0 Å². The van der Waals surface area contributed by atoms with E-state index in [0.717, 1.165) is 16.9 Å². The molecule has 0 aromatic carbocycles. The molecule has 0 aliphatic carbocycles. The molecule has 1 atom stereocenters. The highest BCUT2D eigenvalue weighted by Gasteiger charge is 2.37. The van der Waals surface area contributed by atoms with Crippen molar-refractivity contribution in [3.63, 3.8) is 0 Å². The predicted octanol–water partition coefficient (Wildman–Crippen LogP) is 3.07. The molecule has 2 aromatic rings. The van der Waals surface area contributed by atoms with E-state index < -0.39 is 0 Å². The van der Waals surface area contributed by atoms with Gasteiger partial charge >= 0.3 is 0 Å². The summed E-state index contributed by atoms with van der Waals surface area (Å²) >= 11 is 1.75. The molecule has 1 aliphatic rings. The summed E-state index contributed by atoms with van der Waals surface area (Å²) < 4.78 is 0. The Morgan fingerprint density at radius 1 is 1.53 bits per heavy atom. The Morgan fingerprint density at radius 3 is 3.18 bits per heavy atom. The van der Waals surface area contributed by atoms with Gasteiger partial charge in [0.05, 0.1) is 5.54 Å². The van der Waals surface area contributed by atoms with E-state index in [1.807, 2.05) is 12.3 Å². The van der Waals surface area contributed by atoms with Gasteiger partial charge in [-0.25, -0.2) is 9.97 Å². The fraction of sp³-hybridized carbons (Fsp3) is 0.538. The van der Waals surface area contributed by atoms with Crippen molar-refractivity contribution in [2.45, 2.75) is 38.1 Å². The van der Waals surface area contributed by atoms with Gasteiger partial charge in [0.15, 0.2) is 0 Å². The monoisotopic (exact) mass is 247 g/mol. The number of aromatic nitrogens is 2. The molecule has 3 heterocycles. The second-order valence-electron chi connectivity index (χ2n) is 4.71. The number of nitrogens with zero attached hydrogens (tertiary/aromatic N) is 2. The summed E-state index contributed by atoms with van der Waals surface area (Å²) in [7, 11) is 0. The third-order valence-electron chi connectivity index (χ3n) is 3.50. The lowest BCUT2D eigenvalue weighted by Crippen LogP contribution is -2.36. The molecule has 17 heavy (non-hydrogen) atoms. The van der Waals surface area contributed by atoms with E-state index in [0.29, 0.717) is 0 Å². The van der Waals surface area contributed by atoms with Gasteiger partial charge in [-0.05, 0) is 37.9 Å². The Balaban J connectivity index is 2.05. The highest BCUT2D eigenvalue weighted by Crippen LogP contribution is 2.38. The van der Waals surface area contributed by atoms with Gasteiger partial charge in [-0.15, -0.1) is 0 Å². The average molecular weight is 247 g/mol. The van der Waals surface area contributed by atoms with Gasteiger partial charge in [0.25, 0.3) is 0 Å². The van der Waals surface area contributed by atoms with Crippen LogP contribution in [0.1, 0.15) is 37.6 Å². The van der Waals surface area contributed by atoms with Gasteiger partial charge in [-0.1, -0.05) is 24.7 Å². The second kappa shape index (κ2) is 4.35. The van der Waals surface area contributed by atoms with Crippen molar-refractivity contribution >= 4 is 21.7 Å². The molecule has 1 saturated heterocycles. The van der Waals surface area contributed by atoms with Crippen LogP contribution in [0.4, 0.5) is 0 Å². The molecule has 1 fully saturated rings. The molecule has 1 aliphatic heterocycles. The lowest BCUT2D eigenvalue weighted by Gasteiger charge is -2.26. The van der Waals surface area contributed by atoms with Crippen LogP contribution in [-0.4, -0.2) is 16.5 Å². The molecule has 0 saturated carbocycles. The molecule has 0 radical (unpaired) electrons. The minimum Gasteiger partial charge on any atom is -0.305 e. The minimum atomic E-state index is 0.125. The Bertz CT molecular complexity index is 481. The SMILES string of the molecule is CCCC1(c2nc3cccnc3s2)CCCN1. The zero-order valence-corrected chi connectivity index (χ0v) is 10.9. The first-order valence-electron chi connectivity index (χ1n) is 6.31. The van der Waals surface area contributed by atoms with Crippen LogP contribution in [0, 0.1) is 0 Å². The van der Waals surface area contributed by atoms with Crippen LogP contribution >= 0.6 is 11.3 Å². The first-order valence-corrected chi connectivity index (χ1v) is 7.13. The summed E-state index contributed by atoms with van der Waals surface area (Å²) in [6.45, 7) is 3.36. The molecule has 90 valence electrons. The van der Waals surface area contributed by atoms with Crippen molar-refractivity contribution in [3.8, 4) is 0 Å². The number of rotatable bonds is 3. The summed E-state index contributed by atoms with van der Waals surface area (Å²) in [5.41, 5.74) is 1.16. The quantitative estimate of drug-likeness (QED) is 0.905. The molecule has 3 nitrogen and oxygen atoms in total. The van der Waals surface area contributed by atoms with Crippen molar-refractivity contribution in [1.82, 2.24) is 15.3 Å². The van der Waals surface area contributed by atoms with E-state index in [1.165, 1.54) is 30.7 Å². The van der Waals surface area contributed by atoms with Gasteiger partial charge < -0.3 is 5.32 Å². The number of fused-ring (bicyclic) bond motifs is 1. The Kier molecular flexibility index (Phi) is 2.84. The molecule has 0 amide bonds. The molecule has 4 heteroatoms. The van der Waals surface area contributed by atoms with Crippen molar-refractivity contribution in [2.24, 2.45) is 0 Å². The van der Waals surface area contributed by atoms with Crippen molar-refractivity contribution in [1.29, 1.82) is 0 Å². The first kappa shape index (κ1) is 11.1. The summed E-state index contributed by atoms with van der Waals surface area (Å²) in [6, 6.07) is 4.01. The highest BCUT2D eigenvalue weighted by molar-refractivity contribution is 7.18. The summed E-state index contributed by atoms with van der Waals surface area (Å²) in [6.07, 6.45) is 6.67. The van der Waals surface area contributed by atoms with E-state index in [9.17, 15) is 0 Å². The molecule has 1 N–H and O–H groups in total. The largest absolute Gasteiger partial charge is 0.305 e. The smallest absolute Gasteiger partial charge is 0.143 e. The lowest BCUT2D eigenvalue weighted by atomic mass is 9.93. The Hall–Kier alpha value is -1.00. The fourth-order valence-corrected chi connectivity index (χ4v) is 3.84. The lowest BCUT2D eigenvalue weighted by molar-refractivity contribution is 0.355. The van der Waals surface area contributed by atoms with Gasteiger partial charge in [-0.2, -0.15) is 0 Å². The maximum absolute atomic E-state index is 4.78. The first-order chi connectivity index (χ1) is 8.34. The van der Waals surface area contributed by atoms with E-state index in [2.05, 4.69) is 23.3 Å². The maximum Gasteiger partial charge on any atom is 0.143 e. The van der Waals surface area contributed by atoms with E-state index in [1.54, 1.807) is 11.3 Å². The summed E-state index contributed by atoms with van der Waals surface area (Å²) in [5.74, 6) is 0. The zero-order valence-electron chi connectivity index (χ0n) is 10.1. The molecular weight excluding hydrogens is 230 g/mol. The topological polar surface area (TPSA) is 37.8 Å². The summed E-state index contributed by atoms with van der Waals surface area (Å²) in [4.78, 5) is 10.2. The maximum atomic E-state index is 4.78. The van der Waals surface area contributed by atoms with Gasteiger partial charge in [0.1, 0.15) is 15.4 Å². The molecule has 0 bridgehead atoms. The van der Waals surface area contributed by atoms with E-state index in [-0.39, 0.29) is 5.54 Å². The minimum absolute atomic E-state index is 0.125. The Morgan fingerprint density at radius 2 is 2.47 bits per heavy atom. The molecule has 2 aromatic heterocycles. The number of pyridine rings is 1. The van der Waals surface area contributed by atoms with Crippen molar-refractivity contribution in [2.75, 3.05) is 6.54 Å². The number of nitrogens with one attached hydrogen (secondary N) is 1. The van der Waals surface area contributed by atoms with Crippen LogP contribution in [0.25, 0.3) is 10.3 Å². The van der Waals surface area contributed by atoms with Crippen LogP contribution in [0.5, 0.6) is 0 Å². The van der Waals surface area contributed by atoms with Crippen LogP contribution in [0.2, 0.25) is 0 Å². The number of hydrogen-bond acceptors (Lipinski definition) is 4. The van der Waals surface area contributed by atoms with Crippen LogP contribution < -0.4 is 5.32 Å². The number of hydrogen-bond donors (Lipinski definition) is 1. The van der Waals surface area contributed by atoms with Crippen LogP contribution in [0.15, 0.2) is 18.3 Å². The van der Waals surface area contributed by atoms with Crippen molar-refractivity contribution in [3.05, 3.63) is 23.3 Å². The van der Waals surface area contributed by atoms with Gasteiger partial charge in [-0.3, -0.25) is 0 Å². The van der Waals surface area contributed by atoms with E-state index in [4.69, 9.17) is 4.98 Å². The third kappa shape index (κ3) is 1.85. The fourth-order valence-electron chi connectivity index (χ4n) is 2.71. The molecule has 3 rings (SSSR count). The second-order valence-corrected chi connectivity index (χ2v) is 5.69. The summed E-state index contributed by atoms with van der Waals surface area (Å²) in [5, 5.41) is 4.90. The average Bonchev–Trinajstić information content (AvgIpc) is 2.95. The molecule has 0 spiro atoms. The normalized spacial score (nSPS) is 24.5. The molecular formula is C13H17N3S.